The van der Waals surface area contributed by atoms with Crippen LogP contribution in [0.4, 0.5) is 0 Å². The van der Waals surface area contributed by atoms with Gasteiger partial charge >= 0.3 is 0 Å². The van der Waals surface area contributed by atoms with E-state index in [4.69, 9.17) is 4.94 Å². The molecule has 0 aliphatic carbocycles. The van der Waals surface area contributed by atoms with Gasteiger partial charge in [0.25, 0.3) is 0 Å². The van der Waals surface area contributed by atoms with Crippen molar-refractivity contribution in [2.24, 2.45) is 10.4 Å². The number of carboxylic acid groups (broad SMARTS) is 1. The van der Waals surface area contributed by atoms with Crippen molar-refractivity contribution in [1.29, 1.82) is 0 Å². The maximum absolute atomic E-state index is 10.4. The molecular weight excluding hydrogens is 174 g/mol. The normalized spacial score (nSPS) is 19.8. The Morgan fingerprint density at radius 2 is 2.38 bits per heavy atom. The monoisotopic (exact) mass is 186 g/mol. The molecule has 1 unspecified atom stereocenters. The number of hydrogen-bond acceptors (Lipinski definition) is 6. The Morgan fingerprint density at radius 1 is 1.69 bits per heavy atom. The minimum Gasteiger partial charge on any atom is -0.548 e. The van der Waals surface area contributed by atoms with E-state index >= 15 is 0 Å². The highest BCUT2D eigenvalue weighted by Gasteiger charge is 2.15. The van der Waals surface area contributed by atoms with Crippen LogP contribution in [0.3, 0.4) is 0 Å². The smallest absolute Gasteiger partial charge is 0.113 e. The Morgan fingerprint density at radius 3 is 2.77 bits per heavy atom. The van der Waals surface area contributed by atoms with Gasteiger partial charge in [-0.2, -0.15) is 0 Å². The third-order valence-electron chi connectivity index (χ3n) is 1.81. The molecule has 0 N–H and O–H groups in total. The second-order valence-electron chi connectivity index (χ2n) is 2.80. The van der Waals surface area contributed by atoms with Crippen LogP contribution in [0.15, 0.2) is 10.4 Å². The Hall–Kier alpha value is -1.17. The first kappa shape index (κ1) is 9.91. The van der Waals surface area contributed by atoms with Gasteiger partial charge in [-0.1, -0.05) is 6.92 Å². The van der Waals surface area contributed by atoms with Gasteiger partial charge in [-0.25, -0.2) is 0 Å². The van der Waals surface area contributed by atoms with Gasteiger partial charge in [-0.3, -0.25) is 4.94 Å². The van der Waals surface area contributed by atoms with Gasteiger partial charge < -0.3 is 9.90 Å². The van der Waals surface area contributed by atoms with E-state index in [0.29, 0.717) is 6.42 Å². The molecule has 13 heavy (non-hydrogen) atoms. The Labute approximate surface area is 76.1 Å². The molecule has 0 radical (unpaired) electrons. The van der Waals surface area contributed by atoms with Gasteiger partial charge in [0.05, 0.1) is 5.97 Å². The van der Waals surface area contributed by atoms with Crippen molar-refractivity contribution in [3.63, 3.8) is 0 Å². The van der Waals surface area contributed by atoms with Crippen molar-refractivity contribution in [3.8, 4) is 0 Å². The highest BCUT2D eigenvalue weighted by molar-refractivity contribution is 5.70. The van der Waals surface area contributed by atoms with E-state index in [1.807, 2.05) is 0 Å². The van der Waals surface area contributed by atoms with E-state index in [-0.39, 0.29) is 0 Å². The van der Waals surface area contributed by atoms with Gasteiger partial charge in [0.15, 0.2) is 0 Å². The lowest BCUT2D eigenvalue weighted by Gasteiger charge is -2.25. The van der Waals surface area contributed by atoms with Crippen LogP contribution < -0.4 is 5.11 Å². The van der Waals surface area contributed by atoms with Crippen molar-refractivity contribution in [2.45, 2.75) is 25.8 Å². The minimum atomic E-state index is -1.22. The van der Waals surface area contributed by atoms with E-state index in [1.165, 1.54) is 0 Å². The van der Waals surface area contributed by atoms with Gasteiger partial charge in [0.1, 0.15) is 6.04 Å². The standard InChI is InChI=1S/C7H13N3O3/c1-2-6(7(11)12)8-9-13-10-4-3-5-10/h6H,2-5H2,1H3,(H,11,12)/p-1. The second kappa shape index (κ2) is 4.76. The molecular formula is C7H12N3O3-. The maximum Gasteiger partial charge on any atom is 0.113 e. The number of hydrogen-bond donors (Lipinski definition) is 0. The SMILES string of the molecule is CCC(N=NON1CCC1)C(=O)[O-]. The summed E-state index contributed by atoms with van der Waals surface area (Å²) >= 11 is 0. The summed E-state index contributed by atoms with van der Waals surface area (Å²) in [7, 11) is 0. The highest BCUT2D eigenvalue weighted by atomic mass is 16.8. The van der Waals surface area contributed by atoms with Crippen LogP contribution >= 0.6 is 0 Å². The molecule has 0 aromatic carbocycles. The Bertz CT molecular complexity index is 203. The maximum atomic E-state index is 10.4. The average Bonchev–Trinajstić information content (AvgIpc) is 2.00. The summed E-state index contributed by atoms with van der Waals surface area (Å²) in [6.45, 7) is 3.34. The molecule has 6 nitrogen and oxygen atoms in total. The molecule has 1 aliphatic heterocycles. The third kappa shape index (κ3) is 2.98. The lowest BCUT2D eigenvalue weighted by atomic mass is 10.2. The molecule has 1 saturated heterocycles. The van der Waals surface area contributed by atoms with E-state index in [1.54, 1.807) is 12.0 Å². The first-order valence-electron chi connectivity index (χ1n) is 4.27. The number of carboxylic acids is 1. The molecule has 1 rings (SSSR count). The largest absolute Gasteiger partial charge is 0.548 e. The van der Waals surface area contributed by atoms with Crippen molar-refractivity contribution in [3.05, 3.63) is 0 Å². The zero-order chi connectivity index (χ0) is 9.68. The molecule has 0 spiro atoms. The van der Waals surface area contributed by atoms with E-state index in [2.05, 4.69) is 10.4 Å². The third-order valence-corrected chi connectivity index (χ3v) is 1.81. The molecule has 1 aliphatic rings. The predicted molar refractivity (Wildman–Crippen MR) is 41.2 cm³/mol. The van der Waals surface area contributed by atoms with Crippen LogP contribution in [0.25, 0.3) is 0 Å². The second-order valence-corrected chi connectivity index (χ2v) is 2.80. The molecule has 0 aromatic heterocycles. The number of nitrogens with zero attached hydrogens (tertiary/aromatic N) is 3. The summed E-state index contributed by atoms with van der Waals surface area (Å²) in [5.41, 5.74) is 0. The van der Waals surface area contributed by atoms with Crippen LogP contribution in [0.2, 0.25) is 0 Å². The molecule has 74 valence electrons. The van der Waals surface area contributed by atoms with Gasteiger partial charge in [-0.05, 0) is 12.8 Å². The first-order valence-corrected chi connectivity index (χ1v) is 4.27. The highest BCUT2D eigenvalue weighted by Crippen LogP contribution is 2.07. The molecule has 0 aromatic rings. The molecule has 0 bridgehead atoms. The van der Waals surface area contributed by atoms with Crippen LogP contribution in [-0.4, -0.2) is 30.2 Å². The molecule has 0 saturated carbocycles. The van der Waals surface area contributed by atoms with Crippen LogP contribution in [0.5, 0.6) is 0 Å². The molecule has 1 heterocycles. The van der Waals surface area contributed by atoms with Crippen LogP contribution in [-0.2, 0) is 9.73 Å². The fourth-order valence-corrected chi connectivity index (χ4v) is 0.794. The lowest BCUT2D eigenvalue weighted by molar-refractivity contribution is -0.308. The van der Waals surface area contributed by atoms with Gasteiger partial charge in [0, 0.05) is 18.4 Å². The Kier molecular flexibility index (Phi) is 3.63. The summed E-state index contributed by atoms with van der Waals surface area (Å²) in [5.74, 6) is -1.22. The van der Waals surface area contributed by atoms with Crippen molar-refractivity contribution in [2.75, 3.05) is 13.1 Å². The van der Waals surface area contributed by atoms with Crippen molar-refractivity contribution >= 4 is 5.97 Å². The summed E-state index contributed by atoms with van der Waals surface area (Å²) in [5, 5.41) is 18.7. The zero-order valence-electron chi connectivity index (χ0n) is 7.47. The number of rotatable bonds is 5. The summed E-state index contributed by atoms with van der Waals surface area (Å²) in [6.07, 6.45) is 1.43. The predicted octanol–water partition coefficient (Wildman–Crippen LogP) is -0.481. The van der Waals surface area contributed by atoms with Crippen molar-refractivity contribution in [1.82, 2.24) is 5.06 Å². The summed E-state index contributed by atoms with van der Waals surface area (Å²) in [4.78, 5) is 15.1. The summed E-state index contributed by atoms with van der Waals surface area (Å²) in [6, 6.07) is -0.902. The van der Waals surface area contributed by atoms with Crippen LogP contribution in [0, 0.1) is 0 Å². The molecule has 1 fully saturated rings. The zero-order valence-corrected chi connectivity index (χ0v) is 7.47. The molecule has 6 heteroatoms. The fraction of sp³-hybridized carbons (Fsp3) is 0.857. The summed E-state index contributed by atoms with van der Waals surface area (Å²) < 4.78 is 0. The van der Waals surface area contributed by atoms with E-state index < -0.39 is 12.0 Å². The van der Waals surface area contributed by atoms with Gasteiger partial charge in [0.2, 0.25) is 0 Å². The topological polar surface area (TPSA) is 77.3 Å². The first-order chi connectivity index (χ1) is 6.24. The quantitative estimate of drug-likeness (QED) is 0.429. The van der Waals surface area contributed by atoms with E-state index in [0.717, 1.165) is 19.5 Å². The molecule has 0 amide bonds. The lowest BCUT2D eigenvalue weighted by Crippen LogP contribution is -2.36. The average molecular weight is 186 g/mol. The van der Waals surface area contributed by atoms with E-state index in [9.17, 15) is 9.90 Å². The fourth-order valence-electron chi connectivity index (χ4n) is 0.794. The number of carbonyl (C=O) groups is 1. The number of hydroxylamine groups is 2. The minimum absolute atomic E-state index is 0.356. The Balaban J connectivity index is 2.23. The van der Waals surface area contributed by atoms with Gasteiger partial charge in [-0.15, -0.1) is 10.2 Å². The molecule has 1 atom stereocenters. The van der Waals surface area contributed by atoms with Crippen molar-refractivity contribution < 1.29 is 14.8 Å². The number of carbonyl (C=O) groups excluding carboxylic acids is 1. The van der Waals surface area contributed by atoms with Crippen LogP contribution in [0.1, 0.15) is 19.8 Å². The number of aliphatic carboxylic acids is 1.